The van der Waals surface area contributed by atoms with E-state index in [9.17, 15) is 23.1 Å². The molecule has 1 fully saturated rings. The molecule has 1 N–H and O–H groups in total. The molecule has 1 aliphatic rings. The standard InChI is InChI=1S/C23H26F3NO3/c1-2-6-19-13-20(28)14-21(17-9-11-18(12-10-17)23(24,25)26)27(19)22(29)30-15-16-7-4-3-5-8-16/h3-5,7-12,19,21-22,29H,2,6,13-15H2,1H3/t19-,21+,22?/m0/s1. The molecular formula is C23H26F3NO3. The minimum Gasteiger partial charge on any atom is -0.356 e. The Morgan fingerprint density at radius 1 is 1.10 bits per heavy atom. The van der Waals surface area contributed by atoms with Gasteiger partial charge in [-0.1, -0.05) is 55.8 Å². The first-order valence-corrected chi connectivity index (χ1v) is 10.1. The number of hydrogen-bond acceptors (Lipinski definition) is 4. The van der Waals surface area contributed by atoms with Gasteiger partial charge in [-0.3, -0.25) is 4.79 Å². The predicted molar refractivity (Wildman–Crippen MR) is 106 cm³/mol. The van der Waals surface area contributed by atoms with Gasteiger partial charge in [-0.15, -0.1) is 0 Å². The normalized spacial score (nSPS) is 21.6. The van der Waals surface area contributed by atoms with Crippen molar-refractivity contribution in [2.75, 3.05) is 0 Å². The van der Waals surface area contributed by atoms with Crippen LogP contribution in [0, 0.1) is 0 Å². The Bertz CT molecular complexity index is 824. The lowest BCUT2D eigenvalue weighted by atomic mass is 9.88. The van der Waals surface area contributed by atoms with Crippen LogP contribution in [0.15, 0.2) is 54.6 Å². The van der Waals surface area contributed by atoms with E-state index in [4.69, 9.17) is 4.74 Å². The lowest BCUT2D eigenvalue weighted by Gasteiger charge is -2.44. The number of hydrogen-bond donors (Lipinski definition) is 1. The summed E-state index contributed by atoms with van der Waals surface area (Å²) in [5.74, 6) is 0.0323. The van der Waals surface area contributed by atoms with E-state index in [-0.39, 0.29) is 31.3 Å². The van der Waals surface area contributed by atoms with E-state index in [2.05, 4.69) is 0 Å². The van der Waals surface area contributed by atoms with Crippen molar-refractivity contribution in [1.82, 2.24) is 4.90 Å². The molecule has 1 heterocycles. The second-order valence-corrected chi connectivity index (χ2v) is 7.60. The quantitative estimate of drug-likeness (QED) is 0.634. The molecule has 30 heavy (non-hydrogen) atoms. The van der Waals surface area contributed by atoms with Crippen LogP contribution in [-0.2, 0) is 22.3 Å². The second kappa shape index (κ2) is 9.73. The number of carbonyl (C=O) groups excluding carboxylic acids is 1. The molecule has 0 radical (unpaired) electrons. The summed E-state index contributed by atoms with van der Waals surface area (Å²) in [4.78, 5) is 14.1. The summed E-state index contributed by atoms with van der Waals surface area (Å²) in [5.41, 5.74) is 0.702. The third-order valence-electron chi connectivity index (χ3n) is 5.41. The number of alkyl halides is 3. The molecular weight excluding hydrogens is 395 g/mol. The van der Waals surface area contributed by atoms with Gasteiger partial charge in [-0.05, 0) is 29.7 Å². The molecule has 162 valence electrons. The number of ketones is 1. The van der Waals surface area contributed by atoms with Crippen LogP contribution in [0.3, 0.4) is 0 Å². The van der Waals surface area contributed by atoms with Gasteiger partial charge < -0.3 is 9.84 Å². The number of carbonyl (C=O) groups is 1. The monoisotopic (exact) mass is 421 g/mol. The maximum atomic E-state index is 12.9. The topological polar surface area (TPSA) is 49.8 Å². The second-order valence-electron chi connectivity index (χ2n) is 7.60. The highest BCUT2D eigenvalue weighted by molar-refractivity contribution is 5.80. The molecule has 3 atom stereocenters. The van der Waals surface area contributed by atoms with E-state index < -0.39 is 24.2 Å². The van der Waals surface area contributed by atoms with E-state index in [1.54, 1.807) is 4.90 Å². The van der Waals surface area contributed by atoms with Crippen molar-refractivity contribution in [3.63, 3.8) is 0 Å². The van der Waals surface area contributed by atoms with Crippen molar-refractivity contribution < 1.29 is 27.8 Å². The lowest BCUT2D eigenvalue weighted by molar-refractivity contribution is -0.232. The Morgan fingerprint density at radius 2 is 1.77 bits per heavy atom. The summed E-state index contributed by atoms with van der Waals surface area (Å²) in [7, 11) is 0. The molecule has 0 saturated carbocycles. The Labute approximate surface area is 174 Å². The highest BCUT2D eigenvalue weighted by Gasteiger charge is 2.39. The third kappa shape index (κ3) is 5.47. The van der Waals surface area contributed by atoms with E-state index in [1.165, 1.54) is 12.1 Å². The zero-order valence-electron chi connectivity index (χ0n) is 16.8. The highest BCUT2D eigenvalue weighted by atomic mass is 19.4. The maximum Gasteiger partial charge on any atom is 0.416 e. The number of likely N-dealkylation sites (tertiary alicyclic amines) is 1. The van der Waals surface area contributed by atoms with Crippen molar-refractivity contribution >= 4 is 5.78 Å². The van der Waals surface area contributed by atoms with Gasteiger partial charge in [-0.25, -0.2) is 4.90 Å². The van der Waals surface area contributed by atoms with Crippen LogP contribution < -0.4 is 0 Å². The summed E-state index contributed by atoms with van der Waals surface area (Å²) in [5, 5.41) is 10.8. The zero-order valence-corrected chi connectivity index (χ0v) is 16.8. The maximum absolute atomic E-state index is 12.9. The number of halogens is 3. The fourth-order valence-corrected chi connectivity index (χ4v) is 3.96. The molecule has 0 aromatic heterocycles. The predicted octanol–water partition coefficient (Wildman–Crippen LogP) is 5.07. The first-order chi connectivity index (χ1) is 14.3. The summed E-state index contributed by atoms with van der Waals surface area (Å²) < 4.78 is 44.5. The molecule has 0 aliphatic carbocycles. The smallest absolute Gasteiger partial charge is 0.356 e. The van der Waals surface area contributed by atoms with Crippen molar-refractivity contribution in [3.05, 3.63) is 71.3 Å². The van der Waals surface area contributed by atoms with Gasteiger partial charge in [0.15, 0.2) is 0 Å². The van der Waals surface area contributed by atoms with Crippen LogP contribution in [0.1, 0.15) is 55.3 Å². The molecule has 2 aromatic carbocycles. The van der Waals surface area contributed by atoms with Gasteiger partial charge in [0.25, 0.3) is 0 Å². The van der Waals surface area contributed by atoms with Crippen LogP contribution >= 0.6 is 0 Å². The fraction of sp³-hybridized carbons (Fsp3) is 0.435. The van der Waals surface area contributed by atoms with Crippen molar-refractivity contribution in [1.29, 1.82) is 0 Å². The Hall–Kier alpha value is -2.22. The number of benzene rings is 2. The van der Waals surface area contributed by atoms with Crippen molar-refractivity contribution in [2.45, 2.75) is 63.9 Å². The van der Waals surface area contributed by atoms with Crippen molar-refractivity contribution in [2.24, 2.45) is 0 Å². The SMILES string of the molecule is CCC[C@H]1CC(=O)C[C@H](c2ccc(C(F)(F)F)cc2)N1C(O)OCc1ccccc1. The van der Waals surface area contributed by atoms with Gasteiger partial charge in [0.05, 0.1) is 12.2 Å². The fourth-order valence-electron chi connectivity index (χ4n) is 3.96. The molecule has 2 aromatic rings. The molecule has 7 heteroatoms. The molecule has 1 aliphatic heterocycles. The minimum atomic E-state index is -4.43. The lowest BCUT2D eigenvalue weighted by Crippen LogP contribution is -2.51. The molecule has 0 amide bonds. The molecule has 4 nitrogen and oxygen atoms in total. The average Bonchev–Trinajstić information content (AvgIpc) is 2.72. The van der Waals surface area contributed by atoms with E-state index >= 15 is 0 Å². The summed E-state index contributed by atoms with van der Waals surface area (Å²) in [6.45, 7) is 2.17. The Morgan fingerprint density at radius 3 is 2.37 bits per heavy atom. The van der Waals surface area contributed by atoms with Gasteiger partial charge in [0.1, 0.15) is 5.78 Å². The van der Waals surface area contributed by atoms with Gasteiger partial charge in [0.2, 0.25) is 6.41 Å². The number of ether oxygens (including phenoxy) is 1. The number of piperidine rings is 1. The van der Waals surface area contributed by atoms with E-state index in [0.29, 0.717) is 12.0 Å². The van der Waals surface area contributed by atoms with Crippen LogP contribution in [0.25, 0.3) is 0 Å². The molecule has 0 bridgehead atoms. The number of nitrogens with zero attached hydrogens (tertiary/aromatic N) is 1. The molecule has 1 unspecified atom stereocenters. The van der Waals surface area contributed by atoms with Crippen LogP contribution in [-0.4, -0.2) is 28.2 Å². The number of aliphatic hydroxyl groups excluding tert-OH is 1. The van der Waals surface area contributed by atoms with Crippen LogP contribution in [0.4, 0.5) is 13.2 Å². The molecule has 0 spiro atoms. The van der Waals surface area contributed by atoms with Crippen molar-refractivity contribution in [3.8, 4) is 0 Å². The average molecular weight is 421 g/mol. The van der Waals surface area contributed by atoms with Gasteiger partial charge in [-0.2, -0.15) is 13.2 Å². The summed E-state index contributed by atoms with van der Waals surface area (Å²) >= 11 is 0. The van der Waals surface area contributed by atoms with E-state index in [0.717, 1.165) is 24.1 Å². The zero-order chi connectivity index (χ0) is 21.7. The molecule has 1 saturated heterocycles. The minimum absolute atomic E-state index is 0.0323. The largest absolute Gasteiger partial charge is 0.416 e. The van der Waals surface area contributed by atoms with E-state index in [1.807, 2.05) is 37.3 Å². The summed E-state index contributed by atoms with van der Waals surface area (Å²) in [6, 6.07) is 13.4. The first-order valence-electron chi connectivity index (χ1n) is 10.1. The summed E-state index contributed by atoms with van der Waals surface area (Å²) in [6.07, 6.45) is -3.81. The number of Topliss-reactive ketones (excluding diaryl/α,β-unsaturated/α-hetero) is 1. The highest BCUT2D eigenvalue weighted by Crippen LogP contribution is 2.37. The van der Waals surface area contributed by atoms with Gasteiger partial charge in [0, 0.05) is 24.9 Å². The van der Waals surface area contributed by atoms with Crippen LogP contribution in [0.2, 0.25) is 0 Å². The van der Waals surface area contributed by atoms with Crippen LogP contribution in [0.5, 0.6) is 0 Å². The number of rotatable bonds is 7. The molecule has 3 rings (SSSR count). The third-order valence-corrected chi connectivity index (χ3v) is 5.41. The number of aliphatic hydroxyl groups is 1. The Balaban J connectivity index is 1.84. The first kappa shape index (κ1) is 22.5. The van der Waals surface area contributed by atoms with Gasteiger partial charge >= 0.3 is 6.18 Å². The Kier molecular flexibility index (Phi) is 7.28.